The fourth-order valence-electron chi connectivity index (χ4n) is 7.84. The van der Waals surface area contributed by atoms with Crippen molar-refractivity contribution in [2.45, 2.75) is 68.8 Å². The number of carbonyl (C=O) groups excluding carboxylic acids is 1. The van der Waals surface area contributed by atoms with E-state index in [-0.39, 0.29) is 11.0 Å². The van der Waals surface area contributed by atoms with Gasteiger partial charge in [0.05, 0.1) is 21.8 Å². The Kier molecular flexibility index (Phi) is 11.9. The van der Waals surface area contributed by atoms with Crippen molar-refractivity contribution in [1.82, 2.24) is 39.4 Å². The maximum Gasteiger partial charge on any atom is 0.410 e. The molecule has 3 N–H and O–H groups in total. The highest BCUT2D eigenvalue weighted by atomic mass is 79.9. The van der Waals surface area contributed by atoms with Crippen LogP contribution in [-0.2, 0) is 14.8 Å². The molecule has 3 aromatic carbocycles. The molecule has 2 aliphatic rings. The minimum atomic E-state index is -3.78. The van der Waals surface area contributed by atoms with Crippen molar-refractivity contribution in [3.05, 3.63) is 126 Å². The molecule has 60 heavy (non-hydrogen) atoms. The number of nitrogens with zero attached hydrogens (tertiary/aromatic N) is 7. The molecule has 2 aliphatic heterocycles. The molecule has 15 heteroatoms. The second-order valence-electron chi connectivity index (χ2n) is 16.4. The predicted octanol–water partition coefficient (Wildman–Crippen LogP) is 8.45. The van der Waals surface area contributed by atoms with E-state index >= 15 is 0 Å². The van der Waals surface area contributed by atoms with Crippen molar-refractivity contribution in [2.75, 3.05) is 26.2 Å². The summed E-state index contributed by atoms with van der Waals surface area (Å²) in [6.45, 7) is 9.32. The number of likely N-dealkylation sites (tertiary alicyclic amines) is 1. The quantitative estimate of drug-likeness (QED) is 0.167. The van der Waals surface area contributed by atoms with Gasteiger partial charge in [0.25, 0.3) is 0 Å². The van der Waals surface area contributed by atoms with Gasteiger partial charge in [0, 0.05) is 54.6 Å². The van der Waals surface area contributed by atoms with Gasteiger partial charge in [-0.25, -0.2) is 37.4 Å². The maximum atomic E-state index is 12.2. The van der Waals surface area contributed by atoms with Crippen molar-refractivity contribution in [3.8, 4) is 33.4 Å². The fourth-order valence-corrected chi connectivity index (χ4v) is 8.77. The lowest BCUT2D eigenvalue weighted by Gasteiger charge is -2.33. The Morgan fingerprint density at radius 3 is 1.87 bits per heavy atom. The summed E-state index contributed by atoms with van der Waals surface area (Å²) in [6.07, 6.45) is 15.1. The molecule has 13 nitrogen and oxygen atoms in total. The van der Waals surface area contributed by atoms with Crippen LogP contribution in [-0.4, -0.2) is 80.4 Å². The van der Waals surface area contributed by atoms with Crippen molar-refractivity contribution in [2.24, 2.45) is 5.14 Å². The number of sulfonamides is 1. The molecule has 0 aliphatic carbocycles. The van der Waals surface area contributed by atoms with Gasteiger partial charge in [-0.15, -0.1) is 0 Å². The first-order chi connectivity index (χ1) is 28.8. The molecular weight excluding hydrogens is 843 g/mol. The minimum Gasteiger partial charge on any atom is -0.444 e. The number of nitrogens with two attached hydrogens (primary N) is 1. The smallest absolute Gasteiger partial charge is 0.410 e. The predicted molar refractivity (Wildman–Crippen MR) is 236 cm³/mol. The normalized spacial score (nSPS) is 15.5. The first kappa shape index (κ1) is 41.3. The van der Waals surface area contributed by atoms with Crippen molar-refractivity contribution < 1.29 is 17.9 Å². The van der Waals surface area contributed by atoms with Crippen LogP contribution in [0.1, 0.15) is 69.4 Å². The highest BCUT2D eigenvalue weighted by Gasteiger charge is 2.27. The van der Waals surface area contributed by atoms with Crippen LogP contribution in [0.4, 0.5) is 4.79 Å². The lowest BCUT2D eigenvalue weighted by atomic mass is 9.89. The number of amides is 1. The van der Waals surface area contributed by atoms with E-state index in [1.54, 1.807) is 33.6 Å². The first-order valence-corrected chi connectivity index (χ1v) is 22.5. The number of ether oxygens (including phenoxy) is 1. The molecule has 310 valence electrons. The van der Waals surface area contributed by atoms with Crippen LogP contribution in [0.3, 0.4) is 0 Å². The number of rotatable bonds is 6. The topological polar surface area (TPSA) is 162 Å². The summed E-state index contributed by atoms with van der Waals surface area (Å²) in [6, 6.07) is 23.8. The lowest BCUT2D eigenvalue weighted by Crippen LogP contribution is -2.41. The Hall–Kier alpha value is -5.48. The molecule has 2 saturated heterocycles. The number of halogens is 1. The molecule has 0 atom stereocenters. The standard InChI is InChI=1S/C23H23N5O2S.C22H25BrN4O2/c24-31(29,30)21-3-1-2-19(12-21)22-14-27-28-15-20(13-26-23(22)28)17-6-4-16(5-7-17)18-8-10-25-11-9-18;1-22(2,3)29-21(28)26-10-8-17(9-11-26)15-4-6-16(7-5-15)18-12-24-20-19(23)13-25-27(20)14-18/h1-7,12-15,18,25H,8-11H2,(H2,24,29,30);4-7,12-14,17H,8-11H2,1-3H3. The zero-order valence-electron chi connectivity index (χ0n) is 33.8. The van der Waals surface area contributed by atoms with E-state index in [9.17, 15) is 13.2 Å². The summed E-state index contributed by atoms with van der Waals surface area (Å²) in [4.78, 5) is 23.2. The molecule has 0 saturated carbocycles. The van der Waals surface area contributed by atoms with Crippen LogP contribution < -0.4 is 10.5 Å². The molecule has 4 aromatic heterocycles. The monoisotopic (exact) mass is 889 g/mol. The van der Waals surface area contributed by atoms with Gasteiger partial charge < -0.3 is 15.0 Å². The van der Waals surface area contributed by atoms with E-state index in [1.165, 1.54) is 30.0 Å². The summed E-state index contributed by atoms with van der Waals surface area (Å²) in [5.74, 6) is 1.09. The summed E-state index contributed by atoms with van der Waals surface area (Å²) < 4.78 is 33.2. The number of carbonyl (C=O) groups is 1. The zero-order chi connectivity index (χ0) is 42.0. The third-order valence-electron chi connectivity index (χ3n) is 11.1. The van der Waals surface area contributed by atoms with E-state index in [2.05, 4.69) is 89.9 Å². The van der Waals surface area contributed by atoms with Crippen molar-refractivity contribution >= 4 is 43.3 Å². The number of hydrogen-bond acceptors (Lipinski definition) is 9. The van der Waals surface area contributed by atoms with Gasteiger partial charge in [-0.2, -0.15) is 10.2 Å². The van der Waals surface area contributed by atoms with Crippen LogP contribution in [0.15, 0.2) is 119 Å². The van der Waals surface area contributed by atoms with Crippen LogP contribution in [0, 0.1) is 0 Å². The molecule has 2 fully saturated rings. The Balaban J connectivity index is 0.000000167. The number of benzene rings is 3. The fraction of sp³-hybridized carbons (Fsp3) is 0.311. The molecule has 0 spiro atoms. The molecule has 0 bridgehead atoms. The van der Waals surface area contributed by atoms with Gasteiger partial charge in [0.2, 0.25) is 10.0 Å². The average Bonchev–Trinajstić information content (AvgIpc) is 3.86. The molecule has 7 aromatic rings. The van der Waals surface area contributed by atoms with E-state index < -0.39 is 15.6 Å². The average molecular weight is 891 g/mol. The third-order valence-corrected chi connectivity index (χ3v) is 12.5. The molecule has 9 rings (SSSR count). The highest BCUT2D eigenvalue weighted by molar-refractivity contribution is 9.10. The summed E-state index contributed by atoms with van der Waals surface area (Å²) >= 11 is 3.45. The van der Waals surface area contributed by atoms with Gasteiger partial charge in [-0.3, -0.25) is 0 Å². The van der Waals surface area contributed by atoms with E-state index in [0.29, 0.717) is 23.0 Å². The number of piperidine rings is 2. The number of primary sulfonamides is 1. The van der Waals surface area contributed by atoms with Gasteiger partial charge in [0.15, 0.2) is 11.3 Å². The van der Waals surface area contributed by atoms with Gasteiger partial charge in [0.1, 0.15) is 5.60 Å². The largest absolute Gasteiger partial charge is 0.444 e. The second kappa shape index (κ2) is 17.2. The molecule has 0 unspecified atom stereocenters. The molecular formula is C45H48BrN9O4S. The Labute approximate surface area is 358 Å². The highest BCUT2D eigenvalue weighted by Crippen LogP contribution is 2.32. The van der Waals surface area contributed by atoms with E-state index in [1.807, 2.05) is 56.5 Å². The van der Waals surface area contributed by atoms with E-state index in [4.69, 9.17) is 9.88 Å². The maximum absolute atomic E-state index is 12.2. The summed E-state index contributed by atoms with van der Waals surface area (Å²) in [7, 11) is -3.78. The SMILES string of the molecule is CC(C)(C)OC(=O)N1CCC(c2ccc(-c3cnc4c(Br)cnn4c3)cc2)CC1.NS(=O)(=O)c1cccc(-c2cnn3cc(-c4ccc(C5CCNCC5)cc4)cnc23)c1. The summed E-state index contributed by atoms with van der Waals surface area (Å²) in [5, 5.41) is 17.4. The number of nitrogens with one attached hydrogen (secondary N) is 1. The zero-order valence-corrected chi connectivity index (χ0v) is 36.2. The Bertz CT molecular complexity index is 2730. The molecule has 0 radical (unpaired) electrons. The lowest BCUT2D eigenvalue weighted by molar-refractivity contribution is 0.0205. The third kappa shape index (κ3) is 9.44. The van der Waals surface area contributed by atoms with Crippen LogP contribution >= 0.6 is 15.9 Å². The molecule has 6 heterocycles. The number of aromatic nitrogens is 6. The Morgan fingerprint density at radius 1 is 0.733 bits per heavy atom. The summed E-state index contributed by atoms with van der Waals surface area (Å²) in [5.41, 5.74) is 9.35. The Morgan fingerprint density at radius 2 is 1.28 bits per heavy atom. The van der Waals surface area contributed by atoms with Gasteiger partial charge in [-0.1, -0.05) is 60.7 Å². The van der Waals surface area contributed by atoms with Crippen LogP contribution in [0.2, 0.25) is 0 Å². The van der Waals surface area contributed by atoms with Crippen LogP contribution in [0.5, 0.6) is 0 Å². The van der Waals surface area contributed by atoms with E-state index in [0.717, 1.165) is 77.0 Å². The van der Waals surface area contributed by atoms with Crippen molar-refractivity contribution in [1.29, 1.82) is 0 Å². The van der Waals surface area contributed by atoms with Crippen molar-refractivity contribution in [3.63, 3.8) is 0 Å². The second-order valence-corrected chi connectivity index (χ2v) is 18.8. The number of fused-ring (bicyclic) bond motifs is 2. The van der Waals surface area contributed by atoms with Crippen LogP contribution in [0.25, 0.3) is 44.7 Å². The van der Waals surface area contributed by atoms with Gasteiger partial charge >= 0.3 is 6.09 Å². The minimum absolute atomic E-state index is 0.0646. The first-order valence-electron chi connectivity index (χ1n) is 20.1. The van der Waals surface area contributed by atoms with Gasteiger partial charge in [-0.05, 0) is 127 Å². The molecule has 1 amide bonds. The number of hydrogen-bond donors (Lipinski definition) is 2.